The molecule has 0 atom stereocenters. The number of sulfonamides is 1. The van der Waals surface area contributed by atoms with Crippen LogP contribution in [-0.2, 0) is 14.8 Å². The Morgan fingerprint density at radius 1 is 1.17 bits per heavy atom. The second-order valence-corrected chi connectivity index (χ2v) is 9.78. The number of halogens is 2. The van der Waals surface area contributed by atoms with Crippen LogP contribution < -0.4 is 4.90 Å². The maximum Gasteiger partial charge on any atom is 0.243 e. The van der Waals surface area contributed by atoms with E-state index in [0.717, 1.165) is 30.7 Å². The third-order valence-corrected chi connectivity index (χ3v) is 7.59. The molecule has 1 fully saturated rings. The molecule has 0 unspecified atom stereocenters. The first-order valence-corrected chi connectivity index (χ1v) is 12.0. The number of anilines is 1. The minimum Gasteiger partial charge on any atom is -0.312 e. The molecule has 1 heterocycles. The average molecular weight is 453 g/mol. The van der Waals surface area contributed by atoms with E-state index in [4.69, 9.17) is 11.6 Å². The zero-order valence-corrected chi connectivity index (χ0v) is 18.5. The van der Waals surface area contributed by atoms with E-state index in [1.54, 1.807) is 0 Å². The summed E-state index contributed by atoms with van der Waals surface area (Å²) in [6, 6.07) is 13.0. The maximum absolute atomic E-state index is 13.4. The molecule has 0 aromatic heterocycles. The van der Waals surface area contributed by atoms with Crippen LogP contribution in [0.3, 0.4) is 0 Å². The quantitative estimate of drug-likeness (QED) is 0.611. The Bertz CT molecular complexity index is 977. The van der Waals surface area contributed by atoms with E-state index in [-0.39, 0.29) is 34.8 Å². The maximum atomic E-state index is 13.4. The number of carbonyl (C=O) groups is 1. The summed E-state index contributed by atoms with van der Waals surface area (Å²) in [5.74, 6) is -0.852. The fraction of sp³-hybridized carbons (Fsp3) is 0.409. The predicted octanol–water partition coefficient (Wildman–Crippen LogP) is 4.71. The Morgan fingerprint density at radius 3 is 2.43 bits per heavy atom. The molecule has 1 saturated heterocycles. The monoisotopic (exact) mass is 452 g/mol. The van der Waals surface area contributed by atoms with Gasteiger partial charge in [-0.2, -0.15) is 4.31 Å². The summed E-state index contributed by atoms with van der Waals surface area (Å²) in [5.41, 5.74) is 0.868. The van der Waals surface area contributed by atoms with Crippen molar-refractivity contribution in [3.05, 3.63) is 59.4 Å². The lowest BCUT2D eigenvalue weighted by Crippen LogP contribution is -2.44. The molecule has 1 aliphatic rings. The molecule has 0 aliphatic carbocycles. The predicted molar refractivity (Wildman–Crippen MR) is 117 cm³/mol. The van der Waals surface area contributed by atoms with Crippen molar-refractivity contribution in [2.24, 2.45) is 5.92 Å². The van der Waals surface area contributed by atoms with Crippen LogP contribution in [-0.4, -0.2) is 38.3 Å². The summed E-state index contributed by atoms with van der Waals surface area (Å²) >= 11 is 5.75. The normalized spacial score (nSPS) is 15.8. The number of para-hydroxylation sites is 1. The zero-order chi connectivity index (χ0) is 21.7. The first-order chi connectivity index (χ1) is 14.3. The molecule has 0 bridgehead atoms. The number of hydrogen-bond donors (Lipinski definition) is 0. The highest BCUT2D eigenvalue weighted by Gasteiger charge is 2.34. The highest BCUT2D eigenvalue weighted by atomic mass is 35.5. The van der Waals surface area contributed by atoms with E-state index in [9.17, 15) is 17.6 Å². The number of carbonyl (C=O) groups excluding carboxylic acids is 1. The van der Waals surface area contributed by atoms with Gasteiger partial charge in [0.2, 0.25) is 15.9 Å². The van der Waals surface area contributed by atoms with Crippen LogP contribution in [0.2, 0.25) is 5.02 Å². The standard InChI is InChI=1S/C22H26ClFN2O3S/c1-2-3-13-26(18-7-5-4-6-8-18)22(27)17-11-14-25(15-12-17)30(28,29)19-9-10-21(24)20(23)16-19/h4-10,16-17H,2-3,11-15H2,1H3. The minimum absolute atomic E-state index is 0.0347. The highest BCUT2D eigenvalue weighted by molar-refractivity contribution is 7.89. The average Bonchev–Trinajstić information content (AvgIpc) is 2.76. The fourth-order valence-electron chi connectivity index (χ4n) is 3.64. The van der Waals surface area contributed by atoms with E-state index < -0.39 is 15.8 Å². The van der Waals surface area contributed by atoms with Crippen LogP contribution in [0, 0.1) is 11.7 Å². The van der Waals surface area contributed by atoms with Gasteiger partial charge in [-0.25, -0.2) is 12.8 Å². The Kier molecular flexibility index (Phi) is 7.50. The number of unbranched alkanes of at least 4 members (excludes halogenated alkanes) is 1. The molecule has 2 aromatic carbocycles. The van der Waals surface area contributed by atoms with Gasteiger partial charge in [-0.05, 0) is 49.6 Å². The molecule has 30 heavy (non-hydrogen) atoms. The van der Waals surface area contributed by atoms with Gasteiger partial charge in [0.25, 0.3) is 0 Å². The van der Waals surface area contributed by atoms with E-state index in [0.29, 0.717) is 19.4 Å². The fourth-order valence-corrected chi connectivity index (χ4v) is 5.38. The minimum atomic E-state index is -3.78. The van der Waals surface area contributed by atoms with Gasteiger partial charge >= 0.3 is 0 Å². The Morgan fingerprint density at radius 2 is 1.83 bits per heavy atom. The van der Waals surface area contributed by atoms with Crippen LogP contribution in [0.5, 0.6) is 0 Å². The van der Waals surface area contributed by atoms with Crippen molar-refractivity contribution in [3.8, 4) is 0 Å². The number of amides is 1. The molecule has 8 heteroatoms. The van der Waals surface area contributed by atoms with Gasteiger partial charge in [0, 0.05) is 31.2 Å². The molecule has 0 N–H and O–H groups in total. The number of piperidine rings is 1. The van der Waals surface area contributed by atoms with Crippen molar-refractivity contribution in [1.29, 1.82) is 0 Å². The van der Waals surface area contributed by atoms with Crippen molar-refractivity contribution in [3.63, 3.8) is 0 Å². The third-order valence-electron chi connectivity index (χ3n) is 5.40. The van der Waals surface area contributed by atoms with Gasteiger partial charge < -0.3 is 4.90 Å². The number of hydrogen-bond acceptors (Lipinski definition) is 3. The topological polar surface area (TPSA) is 57.7 Å². The van der Waals surface area contributed by atoms with E-state index in [1.165, 1.54) is 10.4 Å². The first-order valence-electron chi connectivity index (χ1n) is 10.2. The Labute approximate surface area is 182 Å². The van der Waals surface area contributed by atoms with Gasteiger partial charge in [0.15, 0.2) is 0 Å². The summed E-state index contributed by atoms with van der Waals surface area (Å²) in [6.45, 7) is 3.21. The number of nitrogens with zero attached hydrogens (tertiary/aromatic N) is 2. The molecule has 0 saturated carbocycles. The molecule has 0 radical (unpaired) electrons. The first kappa shape index (κ1) is 22.7. The summed E-state index contributed by atoms with van der Waals surface area (Å²) in [5, 5.41) is -0.226. The van der Waals surface area contributed by atoms with Crippen molar-refractivity contribution in [2.75, 3.05) is 24.5 Å². The van der Waals surface area contributed by atoms with Crippen molar-refractivity contribution in [1.82, 2.24) is 4.31 Å². The Balaban J connectivity index is 1.70. The molecule has 2 aromatic rings. The summed E-state index contributed by atoms with van der Waals surface area (Å²) < 4.78 is 40.5. The lowest BCUT2D eigenvalue weighted by molar-refractivity contribution is -0.123. The summed E-state index contributed by atoms with van der Waals surface area (Å²) in [6.07, 6.45) is 2.78. The molecular formula is C22H26ClFN2O3S. The summed E-state index contributed by atoms with van der Waals surface area (Å²) in [4.78, 5) is 15.0. The Hall–Kier alpha value is -1.96. The number of benzene rings is 2. The van der Waals surface area contributed by atoms with Crippen LogP contribution in [0.1, 0.15) is 32.6 Å². The number of rotatable bonds is 7. The van der Waals surface area contributed by atoms with E-state index in [2.05, 4.69) is 6.92 Å². The lowest BCUT2D eigenvalue weighted by Gasteiger charge is -2.34. The van der Waals surface area contributed by atoms with Crippen LogP contribution >= 0.6 is 11.6 Å². The summed E-state index contributed by atoms with van der Waals surface area (Å²) in [7, 11) is -3.78. The van der Waals surface area contributed by atoms with Gasteiger partial charge in [-0.1, -0.05) is 43.1 Å². The van der Waals surface area contributed by atoms with Crippen molar-refractivity contribution < 1.29 is 17.6 Å². The van der Waals surface area contributed by atoms with E-state index in [1.807, 2.05) is 35.2 Å². The second-order valence-electron chi connectivity index (χ2n) is 7.43. The van der Waals surface area contributed by atoms with Crippen LogP contribution in [0.4, 0.5) is 10.1 Å². The lowest BCUT2D eigenvalue weighted by atomic mass is 9.96. The molecular weight excluding hydrogens is 427 g/mol. The molecule has 1 amide bonds. The molecule has 1 aliphatic heterocycles. The second kappa shape index (κ2) is 9.90. The molecule has 3 rings (SSSR count). The van der Waals surface area contributed by atoms with Gasteiger partial charge in [-0.3, -0.25) is 4.79 Å². The van der Waals surface area contributed by atoms with Crippen molar-refractivity contribution >= 4 is 33.2 Å². The van der Waals surface area contributed by atoms with Gasteiger partial charge in [-0.15, -0.1) is 0 Å². The molecule has 0 spiro atoms. The SMILES string of the molecule is CCCCN(C(=O)C1CCN(S(=O)(=O)c2ccc(F)c(Cl)c2)CC1)c1ccccc1. The third kappa shape index (κ3) is 5.02. The van der Waals surface area contributed by atoms with Crippen LogP contribution in [0.15, 0.2) is 53.4 Å². The largest absolute Gasteiger partial charge is 0.312 e. The van der Waals surface area contributed by atoms with Gasteiger partial charge in [0.05, 0.1) is 9.92 Å². The zero-order valence-electron chi connectivity index (χ0n) is 16.9. The smallest absolute Gasteiger partial charge is 0.243 e. The highest BCUT2D eigenvalue weighted by Crippen LogP contribution is 2.28. The van der Waals surface area contributed by atoms with E-state index >= 15 is 0 Å². The van der Waals surface area contributed by atoms with Crippen LogP contribution in [0.25, 0.3) is 0 Å². The van der Waals surface area contributed by atoms with Crippen molar-refractivity contribution in [2.45, 2.75) is 37.5 Å². The molecule has 162 valence electrons. The molecule has 5 nitrogen and oxygen atoms in total. The van der Waals surface area contributed by atoms with Gasteiger partial charge in [0.1, 0.15) is 5.82 Å².